The van der Waals surface area contributed by atoms with Gasteiger partial charge in [-0.1, -0.05) is 0 Å². The Morgan fingerprint density at radius 1 is 1.37 bits per heavy atom. The number of nitrogens with zero attached hydrogens (tertiary/aromatic N) is 4. The molecule has 2 rings (SSSR count). The second-order valence-corrected chi connectivity index (χ2v) is 4.42. The smallest absolute Gasteiger partial charge is 0.216 e. The monoisotopic (exact) mass is 269 g/mol. The Bertz CT molecular complexity index is 573. The van der Waals surface area contributed by atoms with Crippen LogP contribution in [-0.2, 0) is 20.1 Å². The molecule has 0 aromatic carbocycles. The standard InChI is InChI=1S/C12H17F2N5/c1-8-6-16-19(5-4-13)12(8)15-7-10-9(2)17-18(3)11(10)14/h6,15H,4-5,7H2,1-3H3. The van der Waals surface area contributed by atoms with E-state index in [9.17, 15) is 8.78 Å². The van der Waals surface area contributed by atoms with Crippen LogP contribution >= 0.6 is 0 Å². The van der Waals surface area contributed by atoms with Gasteiger partial charge in [-0.05, 0) is 13.8 Å². The molecule has 0 saturated heterocycles. The van der Waals surface area contributed by atoms with Crippen LogP contribution in [0.3, 0.4) is 0 Å². The first kappa shape index (κ1) is 13.5. The van der Waals surface area contributed by atoms with Crippen LogP contribution in [-0.4, -0.2) is 26.2 Å². The number of halogens is 2. The molecule has 7 heteroatoms. The Kier molecular flexibility index (Phi) is 3.82. The minimum atomic E-state index is -0.490. The van der Waals surface area contributed by atoms with E-state index in [4.69, 9.17) is 0 Å². The molecule has 0 aliphatic carbocycles. The van der Waals surface area contributed by atoms with Gasteiger partial charge < -0.3 is 5.32 Å². The van der Waals surface area contributed by atoms with Gasteiger partial charge in [-0.2, -0.15) is 14.6 Å². The summed E-state index contributed by atoms with van der Waals surface area (Å²) in [5.74, 6) is 0.347. The number of aryl methyl sites for hydroxylation is 4. The van der Waals surface area contributed by atoms with Crippen LogP contribution in [0.2, 0.25) is 0 Å². The lowest BCUT2D eigenvalue weighted by molar-refractivity contribution is 0.429. The summed E-state index contributed by atoms with van der Waals surface area (Å²) in [5, 5.41) is 11.2. The predicted molar refractivity (Wildman–Crippen MR) is 68.2 cm³/mol. The fourth-order valence-corrected chi connectivity index (χ4v) is 2.01. The molecule has 1 N–H and O–H groups in total. The molecule has 0 atom stereocenters. The lowest BCUT2D eigenvalue weighted by Crippen LogP contribution is -2.11. The summed E-state index contributed by atoms with van der Waals surface area (Å²) in [7, 11) is 1.56. The van der Waals surface area contributed by atoms with Gasteiger partial charge in [-0.3, -0.25) is 0 Å². The van der Waals surface area contributed by atoms with Crippen LogP contribution in [0.25, 0.3) is 0 Å². The van der Waals surface area contributed by atoms with E-state index in [2.05, 4.69) is 15.5 Å². The molecule has 0 amide bonds. The van der Waals surface area contributed by atoms with Crippen LogP contribution in [0.15, 0.2) is 6.20 Å². The Hall–Kier alpha value is -1.92. The summed E-state index contributed by atoms with van der Waals surface area (Å²) in [5.41, 5.74) is 2.05. The summed E-state index contributed by atoms with van der Waals surface area (Å²) < 4.78 is 28.9. The topological polar surface area (TPSA) is 47.7 Å². The number of nitrogens with one attached hydrogen (secondary N) is 1. The molecule has 104 valence electrons. The molecule has 0 bridgehead atoms. The maximum Gasteiger partial charge on any atom is 0.216 e. The maximum absolute atomic E-state index is 13.8. The first-order chi connectivity index (χ1) is 9.04. The van der Waals surface area contributed by atoms with Gasteiger partial charge >= 0.3 is 0 Å². The van der Waals surface area contributed by atoms with E-state index in [-0.39, 0.29) is 12.5 Å². The highest BCUT2D eigenvalue weighted by Crippen LogP contribution is 2.17. The van der Waals surface area contributed by atoms with E-state index in [0.717, 1.165) is 5.56 Å². The Morgan fingerprint density at radius 3 is 2.68 bits per heavy atom. The van der Waals surface area contributed by atoms with Crippen LogP contribution < -0.4 is 5.32 Å². The van der Waals surface area contributed by atoms with Crippen molar-refractivity contribution in [2.75, 3.05) is 12.0 Å². The second kappa shape index (κ2) is 5.38. The quantitative estimate of drug-likeness (QED) is 0.902. The van der Waals surface area contributed by atoms with Crippen molar-refractivity contribution in [2.24, 2.45) is 7.05 Å². The lowest BCUT2D eigenvalue weighted by Gasteiger charge is -2.09. The maximum atomic E-state index is 13.8. The fourth-order valence-electron chi connectivity index (χ4n) is 2.01. The van der Waals surface area contributed by atoms with Crippen LogP contribution in [0.4, 0.5) is 14.6 Å². The molecule has 0 saturated carbocycles. The van der Waals surface area contributed by atoms with Crippen LogP contribution in [0, 0.1) is 19.8 Å². The van der Waals surface area contributed by atoms with Gasteiger partial charge in [0, 0.05) is 24.7 Å². The molecule has 2 heterocycles. The van der Waals surface area contributed by atoms with Gasteiger partial charge in [0.2, 0.25) is 5.95 Å². The van der Waals surface area contributed by atoms with Crippen molar-refractivity contribution in [1.82, 2.24) is 19.6 Å². The van der Waals surface area contributed by atoms with Crippen molar-refractivity contribution in [1.29, 1.82) is 0 Å². The van der Waals surface area contributed by atoms with E-state index < -0.39 is 6.67 Å². The van der Waals surface area contributed by atoms with Crippen molar-refractivity contribution in [3.05, 3.63) is 29.0 Å². The van der Waals surface area contributed by atoms with Gasteiger partial charge in [-0.25, -0.2) is 13.8 Å². The number of hydrogen-bond donors (Lipinski definition) is 1. The molecule has 0 spiro atoms. The minimum Gasteiger partial charge on any atom is -0.366 e. The third-order valence-corrected chi connectivity index (χ3v) is 3.02. The summed E-state index contributed by atoms with van der Waals surface area (Å²) in [6.45, 7) is 3.62. The van der Waals surface area contributed by atoms with Crippen molar-refractivity contribution in [3.8, 4) is 0 Å². The summed E-state index contributed by atoms with van der Waals surface area (Å²) >= 11 is 0. The highest BCUT2D eigenvalue weighted by molar-refractivity contribution is 5.44. The summed E-state index contributed by atoms with van der Waals surface area (Å²) in [6, 6.07) is 0. The molecule has 2 aromatic rings. The number of hydrogen-bond acceptors (Lipinski definition) is 3. The number of alkyl halides is 1. The van der Waals surface area contributed by atoms with Gasteiger partial charge in [0.05, 0.1) is 18.4 Å². The largest absolute Gasteiger partial charge is 0.366 e. The van der Waals surface area contributed by atoms with E-state index in [0.29, 0.717) is 23.6 Å². The van der Waals surface area contributed by atoms with Crippen molar-refractivity contribution >= 4 is 5.82 Å². The van der Waals surface area contributed by atoms with Gasteiger partial charge in [0.1, 0.15) is 12.5 Å². The van der Waals surface area contributed by atoms with Gasteiger partial charge in [0.25, 0.3) is 0 Å². The third-order valence-electron chi connectivity index (χ3n) is 3.02. The zero-order valence-corrected chi connectivity index (χ0v) is 11.2. The van der Waals surface area contributed by atoms with Crippen molar-refractivity contribution in [2.45, 2.75) is 26.9 Å². The molecule has 5 nitrogen and oxygen atoms in total. The second-order valence-electron chi connectivity index (χ2n) is 4.42. The normalized spacial score (nSPS) is 11.0. The Balaban J connectivity index is 2.16. The van der Waals surface area contributed by atoms with Crippen LogP contribution in [0.1, 0.15) is 16.8 Å². The SMILES string of the molecule is Cc1cnn(CCF)c1NCc1c(C)nn(C)c1F. The van der Waals surface area contributed by atoms with Gasteiger partial charge in [-0.15, -0.1) is 0 Å². The van der Waals surface area contributed by atoms with Crippen molar-refractivity contribution < 1.29 is 8.78 Å². The summed E-state index contributed by atoms with van der Waals surface area (Å²) in [6.07, 6.45) is 1.66. The predicted octanol–water partition coefficient (Wildman–Crippen LogP) is 1.95. The molecule has 2 aromatic heterocycles. The number of anilines is 1. The molecule has 0 fully saturated rings. The Labute approximate surface area is 110 Å². The van der Waals surface area contributed by atoms with E-state index >= 15 is 0 Å². The van der Waals surface area contributed by atoms with E-state index in [1.54, 1.807) is 24.9 Å². The molecular formula is C12H17F2N5. The molecule has 0 unspecified atom stereocenters. The fraction of sp³-hybridized carbons (Fsp3) is 0.500. The first-order valence-corrected chi connectivity index (χ1v) is 6.04. The molecule has 0 aliphatic heterocycles. The molecule has 0 aliphatic rings. The lowest BCUT2D eigenvalue weighted by atomic mass is 10.2. The minimum absolute atomic E-state index is 0.185. The van der Waals surface area contributed by atoms with E-state index in [1.165, 1.54) is 4.68 Å². The molecule has 0 radical (unpaired) electrons. The number of rotatable bonds is 5. The van der Waals surface area contributed by atoms with Gasteiger partial charge in [0.15, 0.2) is 0 Å². The first-order valence-electron chi connectivity index (χ1n) is 6.04. The van der Waals surface area contributed by atoms with Crippen LogP contribution in [0.5, 0.6) is 0 Å². The zero-order valence-electron chi connectivity index (χ0n) is 11.2. The Morgan fingerprint density at radius 2 is 2.11 bits per heavy atom. The summed E-state index contributed by atoms with van der Waals surface area (Å²) in [4.78, 5) is 0. The highest BCUT2D eigenvalue weighted by atomic mass is 19.1. The van der Waals surface area contributed by atoms with E-state index in [1.807, 2.05) is 6.92 Å². The molecule has 19 heavy (non-hydrogen) atoms. The molecular weight excluding hydrogens is 252 g/mol. The zero-order chi connectivity index (χ0) is 14.0. The van der Waals surface area contributed by atoms with Crippen molar-refractivity contribution in [3.63, 3.8) is 0 Å². The highest BCUT2D eigenvalue weighted by Gasteiger charge is 2.14. The third kappa shape index (κ3) is 2.59. The average molecular weight is 269 g/mol. The number of aromatic nitrogens is 4. The average Bonchev–Trinajstić information content (AvgIpc) is 2.82.